The fourth-order valence-electron chi connectivity index (χ4n) is 5.78. The summed E-state index contributed by atoms with van der Waals surface area (Å²) in [5, 5.41) is 35.7. The molecule has 0 aliphatic carbocycles. The van der Waals surface area contributed by atoms with Crippen molar-refractivity contribution in [3.8, 4) is 0 Å². The van der Waals surface area contributed by atoms with Crippen molar-refractivity contribution in [2.45, 2.75) is 37.4 Å². The first-order valence-corrected chi connectivity index (χ1v) is 19.5. The standard InChI is InChI=1S/C37H46N6O8S3/c1-26-5-11-32(12-6-26)54-37(50)53-18-17-51-16-13-38-36(52)40-28-9-7-27(8-10-28)19-31-22-42(24-34(46)47)15-14-41(23-33(44)45)20-29-3-2-4-30(39-29)21-43(31)25-35(48)49/h2-12,31H,13-25H2,1H3,(H,44,45)(H,46,47)(H,48,49)(H2,38,40,52). The molecule has 5 N–H and O–H groups in total. The van der Waals surface area contributed by atoms with Gasteiger partial charge in [-0.3, -0.25) is 38.9 Å². The summed E-state index contributed by atoms with van der Waals surface area (Å²) >= 11 is 7.88. The zero-order valence-electron chi connectivity index (χ0n) is 30.0. The molecule has 290 valence electrons. The van der Waals surface area contributed by atoms with Crippen molar-refractivity contribution in [1.29, 1.82) is 0 Å². The number of nitrogens with zero attached hydrogens (tertiary/aromatic N) is 4. The molecule has 0 saturated heterocycles. The molecule has 54 heavy (non-hydrogen) atoms. The minimum Gasteiger partial charge on any atom is -0.480 e. The van der Waals surface area contributed by atoms with E-state index in [1.54, 1.807) is 26.8 Å². The van der Waals surface area contributed by atoms with Gasteiger partial charge < -0.3 is 30.7 Å². The maximum Gasteiger partial charge on any atom is 0.317 e. The van der Waals surface area contributed by atoms with E-state index >= 15 is 0 Å². The van der Waals surface area contributed by atoms with E-state index in [-0.39, 0.29) is 56.8 Å². The number of pyridine rings is 1. The van der Waals surface area contributed by atoms with Gasteiger partial charge in [-0.05, 0) is 79.3 Å². The van der Waals surface area contributed by atoms with Crippen molar-refractivity contribution in [2.75, 3.05) is 70.1 Å². The molecule has 0 spiro atoms. The quantitative estimate of drug-likeness (QED) is 0.0791. The molecule has 0 fully saturated rings. The van der Waals surface area contributed by atoms with Crippen molar-refractivity contribution < 1.29 is 39.2 Å². The zero-order valence-corrected chi connectivity index (χ0v) is 32.5. The maximum atomic E-state index is 12.2. The Kier molecular flexibility index (Phi) is 17.6. The van der Waals surface area contributed by atoms with Crippen LogP contribution in [0.1, 0.15) is 22.5 Å². The highest BCUT2D eigenvalue weighted by molar-refractivity contribution is 8.38. The highest BCUT2D eigenvalue weighted by Gasteiger charge is 2.27. The second kappa shape index (κ2) is 22.3. The van der Waals surface area contributed by atoms with Crippen molar-refractivity contribution in [3.63, 3.8) is 0 Å². The molecule has 0 saturated carbocycles. The number of ether oxygens (including phenoxy) is 1. The number of thioether (sulfide) groups is 2. The molecule has 1 aliphatic rings. The molecule has 17 heteroatoms. The van der Waals surface area contributed by atoms with Gasteiger partial charge in [-0.15, -0.1) is 0 Å². The zero-order chi connectivity index (χ0) is 38.9. The Morgan fingerprint density at radius 1 is 0.852 bits per heavy atom. The number of nitrogens with one attached hydrogen (secondary N) is 2. The normalized spacial score (nSPS) is 15.8. The van der Waals surface area contributed by atoms with Gasteiger partial charge in [-0.1, -0.05) is 47.7 Å². The van der Waals surface area contributed by atoms with Crippen LogP contribution in [0.2, 0.25) is 0 Å². The van der Waals surface area contributed by atoms with Crippen LogP contribution in [-0.4, -0.2) is 133 Å². The van der Waals surface area contributed by atoms with Gasteiger partial charge in [0, 0.05) is 61.6 Å². The van der Waals surface area contributed by atoms with Crippen LogP contribution in [0.5, 0.6) is 0 Å². The summed E-state index contributed by atoms with van der Waals surface area (Å²) < 4.78 is 5.66. The molecule has 1 aliphatic heterocycles. The molecular weight excluding hydrogens is 753 g/mol. The number of aliphatic carboxylic acids is 3. The molecular formula is C37H46N6O8S3. The maximum absolute atomic E-state index is 12.2. The molecule has 14 nitrogen and oxygen atoms in total. The van der Waals surface area contributed by atoms with Crippen LogP contribution < -0.4 is 10.6 Å². The van der Waals surface area contributed by atoms with E-state index < -0.39 is 23.9 Å². The fourth-order valence-corrected chi connectivity index (χ4v) is 7.60. The number of carbonyl (C=O) groups excluding carboxylic acids is 1. The van der Waals surface area contributed by atoms with Gasteiger partial charge in [0.15, 0.2) is 5.11 Å². The van der Waals surface area contributed by atoms with Gasteiger partial charge in [-0.25, -0.2) is 0 Å². The minimum atomic E-state index is -1.03. The number of benzene rings is 2. The number of hydrogen-bond acceptors (Lipinski definition) is 12. The van der Waals surface area contributed by atoms with E-state index in [4.69, 9.17) is 21.9 Å². The van der Waals surface area contributed by atoms with E-state index in [1.165, 1.54) is 23.5 Å². The average Bonchev–Trinajstić information content (AvgIpc) is 3.10. The summed E-state index contributed by atoms with van der Waals surface area (Å²) in [5.41, 5.74) is 4.07. The topological polar surface area (TPSA) is 185 Å². The molecule has 2 aromatic carbocycles. The van der Waals surface area contributed by atoms with E-state index in [0.717, 1.165) is 21.7 Å². The fraction of sp³-hybridized carbons (Fsp3) is 0.405. The van der Waals surface area contributed by atoms with Crippen LogP contribution >= 0.6 is 35.7 Å². The molecule has 0 amide bonds. The smallest absolute Gasteiger partial charge is 0.317 e. The minimum absolute atomic E-state index is 0.0228. The number of anilines is 1. The molecule has 2 heterocycles. The number of fused-ring (bicyclic) bond motifs is 2. The lowest BCUT2D eigenvalue weighted by molar-refractivity contribution is -0.141. The summed E-state index contributed by atoms with van der Waals surface area (Å²) in [5.74, 6) is -2.50. The Hall–Kier alpha value is -4.10. The first-order valence-electron chi connectivity index (χ1n) is 17.3. The largest absolute Gasteiger partial charge is 0.480 e. The van der Waals surface area contributed by atoms with Crippen molar-refractivity contribution >= 4 is 68.9 Å². The first-order chi connectivity index (χ1) is 25.9. The lowest BCUT2D eigenvalue weighted by atomic mass is 10.0. The molecule has 3 aromatic rings. The molecule has 0 radical (unpaired) electrons. The van der Waals surface area contributed by atoms with E-state index in [2.05, 4.69) is 10.6 Å². The second-order valence-electron chi connectivity index (χ2n) is 12.7. The van der Waals surface area contributed by atoms with E-state index in [9.17, 15) is 34.5 Å². The third kappa shape index (κ3) is 16.1. The summed E-state index contributed by atoms with van der Waals surface area (Å²) in [6.45, 7) is 3.76. The summed E-state index contributed by atoms with van der Waals surface area (Å²) in [7, 11) is 0. The van der Waals surface area contributed by atoms with Gasteiger partial charge in [0.1, 0.15) is 0 Å². The van der Waals surface area contributed by atoms with E-state index in [1.807, 2.05) is 61.5 Å². The molecule has 1 atom stereocenters. The Balaban J connectivity index is 1.31. The molecule has 1 unspecified atom stereocenters. The summed E-state index contributed by atoms with van der Waals surface area (Å²) in [4.78, 5) is 58.6. The summed E-state index contributed by atoms with van der Waals surface area (Å²) in [6.07, 6.45) is 0.413. The van der Waals surface area contributed by atoms with E-state index in [0.29, 0.717) is 48.4 Å². The Morgan fingerprint density at radius 2 is 1.50 bits per heavy atom. The number of carboxylic acids is 3. The van der Waals surface area contributed by atoms with Gasteiger partial charge in [0.25, 0.3) is 4.45 Å². The van der Waals surface area contributed by atoms with Gasteiger partial charge in [-0.2, -0.15) is 0 Å². The Bertz CT molecular complexity index is 1720. The van der Waals surface area contributed by atoms with Gasteiger partial charge >= 0.3 is 17.9 Å². The molecule has 1 aromatic heterocycles. The van der Waals surface area contributed by atoms with Gasteiger partial charge in [0.2, 0.25) is 0 Å². The van der Waals surface area contributed by atoms with Crippen LogP contribution in [0.25, 0.3) is 0 Å². The molecule has 4 rings (SSSR count). The highest BCUT2D eigenvalue weighted by atomic mass is 32.2. The molecule has 2 bridgehead atoms. The Morgan fingerprint density at radius 3 is 2.19 bits per heavy atom. The van der Waals surface area contributed by atoms with Crippen LogP contribution in [0, 0.1) is 6.92 Å². The number of aryl methyl sites for hydroxylation is 1. The predicted octanol–water partition coefficient (Wildman–Crippen LogP) is 4.12. The van der Waals surface area contributed by atoms with Crippen LogP contribution in [0.15, 0.2) is 71.6 Å². The van der Waals surface area contributed by atoms with Crippen molar-refractivity contribution in [3.05, 3.63) is 89.2 Å². The summed E-state index contributed by atoms with van der Waals surface area (Å²) in [6, 6.07) is 20.4. The number of thiocarbonyl (C=S) groups is 1. The van der Waals surface area contributed by atoms with Crippen molar-refractivity contribution in [2.24, 2.45) is 0 Å². The third-order valence-corrected chi connectivity index (χ3v) is 10.4. The van der Waals surface area contributed by atoms with Crippen LogP contribution in [-0.2, 0) is 38.6 Å². The lowest BCUT2D eigenvalue weighted by Gasteiger charge is -2.36. The Labute approximate surface area is 328 Å². The monoisotopic (exact) mass is 798 g/mol. The number of carbonyl (C=O) groups is 4. The highest BCUT2D eigenvalue weighted by Crippen LogP contribution is 2.26. The van der Waals surface area contributed by atoms with Crippen LogP contribution in [0.4, 0.5) is 10.5 Å². The first kappa shape index (κ1) is 42.6. The lowest BCUT2D eigenvalue weighted by Crippen LogP contribution is -2.50. The third-order valence-electron chi connectivity index (χ3n) is 8.27. The van der Waals surface area contributed by atoms with Gasteiger partial charge in [0.05, 0.1) is 44.2 Å². The van der Waals surface area contributed by atoms with Crippen molar-refractivity contribution in [1.82, 2.24) is 25.0 Å². The van der Waals surface area contributed by atoms with Crippen LogP contribution in [0.3, 0.4) is 0 Å². The second-order valence-corrected chi connectivity index (χ2v) is 15.5. The number of carboxylic acid groups (broad SMARTS) is 3. The number of aromatic nitrogens is 1. The SMILES string of the molecule is Cc1ccc(SC(=O)SCCOCCNC(=S)Nc2ccc(CC3CN(CC(=O)O)CCN(CC(=O)O)Cc4cccc(n4)CN3CC(=O)O)cc2)cc1. The number of hydrogen-bond donors (Lipinski definition) is 5. The average molecular weight is 799 g/mol. The predicted molar refractivity (Wildman–Crippen MR) is 213 cm³/mol. The number of rotatable bonds is 16.